The highest BCUT2D eigenvalue weighted by Crippen LogP contribution is 2.71. The first kappa shape index (κ1) is 23.4. The highest BCUT2D eigenvalue weighted by molar-refractivity contribution is 8.02. The summed E-state index contributed by atoms with van der Waals surface area (Å²) >= 11 is 7.88. The van der Waals surface area contributed by atoms with Gasteiger partial charge in [-0.3, -0.25) is 14.4 Å². The molecule has 9 heteroatoms. The highest BCUT2D eigenvalue weighted by Gasteiger charge is 2.77. The molecule has 7 nitrogen and oxygen atoms in total. The first-order chi connectivity index (χ1) is 15.1. The minimum absolute atomic E-state index is 0.0639. The van der Waals surface area contributed by atoms with Gasteiger partial charge >= 0.3 is 0 Å². The number of thioether (sulfide) groups is 1. The van der Waals surface area contributed by atoms with Crippen LogP contribution in [0.5, 0.6) is 0 Å². The van der Waals surface area contributed by atoms with Gasteiger partial charge in [0.1, 0.15) is 6.04 Å². The zero-order valence-electron chi connectivity index (χ0n) is 18.7. The lowest BCUT2D eigenvalue weighted by Gasteiger charge is -2.38. The van der Waals surface area contributed by atoms with Crippen molar-refractivity contribution in [2.24, 2.45) is 17.8 Å². The fourth-order valence-corrected chi connectivity index (χ4v) is 8.49. The molecule has 4 rings (SSSR count). The first-order valence-electron chi connectivity index (χ1n) is 11.0. The van der Waals surface area contributed by atoms with E-state index in [2.05, 4.69) is 10.6 Å². The molecule has 3 amide bonds. The monoisotopic (exact) mass is 479 g/mol. The first-order valence-corrected chi connectivity index (χ1v) is 12.2. The van der Waals surface area contributed by atoms with Crippen molar-refractivity contribution in [2.75, 3.05) is 19.0 Å². The van der Waals surface area contributed by atoms with Crippen LogP contribution in [0.2, 0.25) is 5.02 Å². The molecule has 3 aliphatic heterocycles. The molecule has 6 atom stereocenters. The van der Waals surface area contributed by atoms with Crippen LogP contribution >= 0.6 is 23.4 Å². The van der Waals surface area contributed by atoms with E-state index >= 15 is 0 Å². The van der Waals surface area contributed by atoms with E-state index in [1.807, 2.05) is 20.8 Å². The number of anilines is 1. The predicted octanol–water partition coefficient (Wildman–Crippen LogP) is 2.52. The summed E-state index contributed by atoms with van der Waals surface area (Å²) in [4.78, 5) is 42.2. The van der Waals surface area contributed by atoms with Crippen molar-refractivity contribution in [1.82, 2.24) is 10.2 Å². The summed E-state index contributed by atoms with van der Waals surface area (Å²) in [5.41, 5.74) is 0.475. The Kier molecular flexibility index (Phi) is 6.01. The third-order valence-corrected chi connectivity index (χ3v) is 9.75. The molecule has 0 radical (unpaired) electrons. The van der Waals surface area contributed by atoms with Crippen molar-refractivity contribution in [3.63, 3.8) is 0 Å². The van der Waals surface area contributed by atoms with Gasteiger partial charge in [-0.2, -0.15) is 0 Å². The second-order valence-corrected chi connectivity index (χ2v) is 11.9. The number of benzene rings is 1. The Morgan fingerprint density at radius 1 is 1.28 bits per heavy atom. The number of aliphatic hydroxyl groups is 1. The number of carbonyl (C=O) groups excluding carboxylic acids is 3. The van der Waals surface area contributed by atoms with Crippen molar-refractivity contribution in [3.05, 3.63) is 29.3 Å². The van der Waals surface area contributed by atoms with Gasteiger partial charge in [-0.25, -0.2) is 0 Å². The average Bonchev–Trinajstić information content (AvgIpc) is 3.31. The molecule has 3 aliphatic rings. The van der Waals surface area contributed by atoms with Crippen LogP contribution in [0.3, 0.4) is 0 Å². The van der Waals surface area contributed by atoms with Gasteiger partial charge in [0.15, 0.2) is 0 Å². The molecule has 2 unspecified atom stereocenters. The Balaban J connectivity index is 1.81. The third kappa shape index (κ3) is 3.25. The number of likely N-dealkylation sites (tertiary alicyclic amines) is 1. The van der Waals surface area contributed by atoms with Gasteiger partial charge in [0.05, 0.1) is 39.9 Å². The number of rotatable bonds is 6. The van der Waals surface area contributed by atoms with E-state index in [4.69, 9.17) is 11.6 Å². The minimum Gasteiger partial charge on any atom is -0.394 e. The fraction of sp³-hybridized carbons (Fsp3) is 0.609. The molecule has 0 aliphatic carbocycles. The Bertz CT molecular complexity index is 959. The maximum absolute atomic E-state index is 13.9. The quantitative estimate of drug-likeness (QED) is 0.582. The second kappa shape index (κ2) is 8.22. The molecule has 0 saturated carbocycles. The summed E-state index contributed by atoms with van der Waals surface area (Å²) in [7, 11) is 1.58. The van der Waals surface area contributed by atoms with Crippen LogP contribution in [-0.2, 0) is 14.4 Å². The largest absolute Gasteiger partial charge is 0.394 e. The van der Waals surface area contributed by atoms with Crippen molar-refractivity contribution in [3.8, 4) is 0 Å². The van der Waals surface area contributed by atoms with Crippen LogP contribution in [0, 0.1) is 17.8 Å². The summed E-state index contributed by atoms with van der Waals surface area (Å²) in [5, 5.41) is 16.2. The summed E-state index contributed by atoms with van der Waals surface area (Å²) in [5.74, 6) is -1.92. The fourth-order valence-electron chi connectivity index (χ4n) is 5.96. The van der Waals surface area contributed by atoms with Gasteiger partial charge in [-0.1, -0.05) is 37.6 Å². The van der Waals surface area contributed by atoms with Crippen molar-refractivity contribution < 1.29 is 19.5 Å². The maximum Gasteiger partial charge on any atom is 0.248 e. The lowest BCUT2D eigenvalue weighted by atomic mass is 9.66. The van der Waals surface area contributed by atoms with Gasteiger partial charge < -0.3 is 20.6 Å². The average molecular weight is 480 g/mol. The number of hydrogen-bond donors (Lipinski definition) is 3. The lowest BCUT2D eigenvalue weighted by Crippen LogP contribution is -2.56. The van der Waals surface area contributed by atoms with E-state index in [1.54, 1.807) is 48.0 Å². The Morgan fingerprint density at radius 2 is 1.97 bits per heavy atom. The molecule has 2 bridgehead atoms. The predicted molar refractivity (Wildman–Crippen MR) is 125 cm³/mol. The van der Waals surface area contributed by atoms with E-state index in [-0.39, 0.29) is 30.2 Å². The molecule has 0 aromatic heterocycles. The summed E-state index contributed by atoms with van der Waals surface area (Å²) < 4.78 is -1.14. The maximum atomic E-state index is 13.9. The van der Waals surface area contributed by atoms with Gasteiger partial charge in [0, 0.05) is 11.8 Å². The topological polar surface area (TPSA) is 98.7 Å². The molecule has 3 heterocycles. The number of halogens is 1. The molecule has 174 valence electrons. The third-order valence-electron chi connectivity index (χ3n) is 7.44. The van der Waals surface area contributed by atoms with Gasteiger partial charge in [0.2, 0.25) is 17.7 Å². The molecule has 3 fully saturated rings. The number of amides is 3. The van der Waals surface area contributed by atoms with E-state index in [0.29, 0.717) is 17.1 Å². The number of carbonyl (C=O) groups is 3. The van der Waals surface area contributed by atoms with Crippen LogP contribution in [0.25, 0.3) is 0 Å². The van der Waals surface area contributed by atoms with Crippen LogP contribution in [0.4, 0.5) is 5.69 Å². The van der Waals surface area contributed by atoms with Gasteiger partial charge in [-0.15, -0.1) is 11.8 Å². The molecule has 1 aromatic carbocycles. The van der Waals surface area contributed by atoms with Crippen molar-refractivity contribution >= 4 is 46.8 Å². The standard InChI is InChI=1S/C23H30ClN3O4S/c1-12(2)15(11-28)27-18(20(30)26-14-8-6-5-7-13(14)24)23-10-9-22(3,32-23)16(19(29)25-4)17(23)21(27)31/h5-8,12,15-18,28H,9-11H2,1-4H3,(H,25,29)(H,26,30)/t15-,16-,17-,18?,22+,23?/m0/s1. The number of nitrogens with zero attached hydrogens (tertiary/aromatic N) is 1. The molecule has 3 saturated heterocycles. The molecule has 32 heavy (non-hydrogen) atoms. The molecule has 1 spiro atoms. The van der Waals surface area contributed by atoms with Crippen LogP contribution in [0.15, 0.2) is 24.3 Å². The molecular weight excluding hydrogens is 450 g/mol. The summed E-state index contributed by atoms with van der Waals surface area (Å²) in [6.07, 6.45) is 1.40. The number of para-hydroxylation sites is 1. The zero-order valence-corrected chi connectivity index (χ0v) is 20.3. The van der Waals surface area contributed by atoms with Gasteiger partial charge in [0.25, 0.3) is 0 Å². The molecule has 3 N–H and O–H groups in total. The summed E-state index contributed by atoms with van der Waals surface area (Å²) in [6.45, 7) is 5.61. The number of aliphatic hydroxyl groups excluding tert-OH is 1. The highest BCUT2D eigenvalue weighted by atomic mass is 35.5. The second-order valence-electron chi connectivity index (χ2n) is 9.55. The number of hydrogen-bond acceptors (Lipinski definition) is 5. The van der Waals surface area contributed by atoms with Crippen molar-refractivity contribution in [1.29, 1.82) is 0 Å². The Hall–Kier alpha value is -1.77. The number of nitrogens with one attached hydrogen (secondary N) is 2. The van der Waals surface area contributed by atoms with E-state index in [1.165, 1.54) is 0 Å². The van der Waals surface area contributed by atoms with E-state index in [0.717, 1.165) is 6.42 Å². The molecule has 1 aromatic rings. The Labute approximate surface area is 197 Å². The molecular formula is C23H30ClN3O4S. The van der Waals surface area contributed by atoms with Crippen LogP contribution in [-0.4, -0.2) is 63.0 Å². The van der Waals surface area contributed by atoms with Crippen LogP contribution in [0.1, 0.15) is 33.6 Å². The number of fused-ring (bicyclic) bond motifs is 1. The van der Waals surface area contributed by atoms with Crippen LogP contribution < -0.4 is 10.6 Å². The smallest absolute Gasteiger partial charge is 0.248 e. The zero-order chi connectivity index (χ0) is 23.4. The minimum atomic E-state index is -0.808. The van der Waals surface area contributed by atoms with Crippen molar-refractivity contribution in [2.45, 2.75) is 55.2 Å². The normalized spacial score (nSPS) is 34.0. The van der Waals surface area contributed by atoms with Gasteiger partial charge in [-0.05, 0) is 37.8 Å². The van der Waals surface area contributed by atoms with E-state index < -0.39 is 33.4 Å². The SMILES string of the molecule is CNC(=O)[C@@H]1[C@H]2C(=O)N([C@@H](CO)C(C)C)C(C(=O)Nc3ccccc3Cl)C23CC[C@@]1(C)S3. The Morgan fingerprint density at radius 3 is 2.56 bits per heavy atom. The lowest BCUT2D eigenvalue weighted by molar-refractivity contribution is -0.143. The van der Waals surface area contributed by atoms with E-state index in [9.17, 15) is 19.5 Å². The summed E-state index contributed by atoms with van der Waals surface area (Å²) in [6, 6.07) is 5.64.